The Morgan fingerprint density at radius 2 is 2.00 bits per heavy atom. The quantitative estimate of drug-likeness (QED) is 0.807. The predicted octanol–water partition coefficient (Wildman–Crippen LogP) is 2.54. The third kappa shape index (κ3) is 4.57. The van der Waals surface area contributed by atoms with Crippen molar-refractivity contribution in [2.75, 3.05) is 29.9 Å². The molecule has 7 nitrogen and oxygen atoms in total. The van der Waals surface area contributed by atoms with Crippen molar-refractivity contribution in [2.45, 2.75) is 38.5 Å². The lowest BCUT2D eigenvalue weighted by Crippen LogP contribution is -2.50. The molecule has 2 fully saturated rings. The SMILES string of the molecule is C[C@@H]1CN(c2cccc(-c3csc(NC(=O)C4CCN4)n3)n2)C[C@H](C)O1.Cl. The Morgan fingerprint density at radius 1 is 1.26 bits per heavy atom. The van der Waals surface area contributed by atoms with Crippen molar-refractivity contribution < 1.29 is 9.53 Å². The number of morpholine rings is 1. The number of amides is 1. The first-order valence-corrected chi connectivity index (χ1v) is 9.84. The van der Waals surface area contributed by atoms with Gasteiger partial charge in [0.15, 0.2) is 5.13 Å². The molecule has 2 saturated heterocycles. The van der Waals surface area contributed by atoms with Crippen LogP contribution in [0.5, 0.6) is 0 Å². The summed E-state index contributed by atoms with van der Waals surface area (Å²) < 4.78 is 5.80. The van der Waals surface area contributed by atoms with Gasteiger partial charge in [-0.15, -0.1) is 23.7 Å². The number of hydrogen-bond acceptors (Lipinski definition) is 7. The van der Waals surface area contributed by atoms with Crippen molar-refractivity contribution in [1.29, 1.82) is 0 Å². The average molecular weight is 410 g/mol. The number of halogens is 1. The van der Waals surface area contributed by atoms with Crippen molar-refractivity contribution >= 4 is 40.6 Å². The number of rotatable bonds is 4. The molecule has 0 bridgehead atoms. The van der Waals surface area contributed by atoms with Gasteiger partial charge in [0.2, 0.25) is 5.91 Å². The van der Waals surface area contributed by atoms with Crippen LogP contribution in [-0.4, -0.2) is 53.8 Å². The van der Waals surface area contributed by atoms with E-state index in [0.29, 0.717) is 5.13 Å². The third-order valence-electron chi connectivity index (χ3n) is 4.61. The Balaban J connectivity index is 0.00000210. The van der Waals surface area contributed by atoms with Crippen LogP contribution < -0.4 is 15.5 Å². The molecule has 1 amide bonds. The van der Waals surface area contributed by atoms with Crippen LogP contribution in [0.3, 0.4) is 0 Å². The number of hydrogen-bond donors (Lipinski definition) is 2. The minimum atomic E-state index is -0.0888. The largest absolute Gasteiger partial charge is 0.372 e. The van der Waals surface area contributed by atoms with Crippen molar-refractivity contribution in [3.05, 3.63) is 23.6 Å². The smallest absolute Gasteiger partial charge is 0.243 e. The molecular weight excluding hydrogens is 386 g/mol. The predicted molar refractivity (Wildman–Crippen MR) is 110 cm³/mol. The maximum Gasteiger partial charge on any atom is 0.243 e. The van der Waals surface area contributed by atoms with Crippen molar-refractivity contribution in [3.8, 4) is 11.4 Å². The minimum absolute atomic E-state index is 0. The zero-order valence-electron chi connectivity index (χ0n) is 15.3. The fourth-order valence-corrected chi connectivity index (χ4v) is 3.97. The number of aromatic nitrogens is 2. The monoisotopic (exact) mass is 409 g/mol. The first kappa shape index (κ1) is 20.0. The van der Waals surface area contributed by atoms with E-state index in [2.05, 4.69) is 34.4 Å². The molecule has 0 spiro atoms. The summed E-state index contributed by atoms with van der Waals surface area (Å²) >= 11 is 1.42. The van der Waals surface area contributed by atoms with Gasteiger partial charge in [0, 0.05) is 18.5 Å². The maximum absolute atomic E-state index is 12.0. The highest BCUT2D eigenvalue weighted by Crippen LogP contribution is 2.26. The van der Waals surface area contributed by atoms with Crippen LogP contribution >= 0.6 is 23.7 Å². The maximum atomic E-state index is 12.0. The zero-order chi connectivity index (χ0) is 18.1. The topological polar surface area (TPSA) is 79.4 Å². The molecule has 2 aromatic rings. The standard InChI is InChI=1S/C18H23N5O2S.ClH/c1-11-8-23(9-12(2)25-11)16-5-3-4-13(20-16)15-10-26-18(21-15)22-17(24)14-6-7-19-14;/h3-5,10-12,14,19H,6-9H2,1-2H3,(H,21,22,24);1H/t11-,12+,14?;. The summed E-state index contributed by atoms with van der Waals surface area (Å²) in [4.78, 5) is 23.6. The van der Waals surface area contributed by atoms with Crippen LogP contribution in [0, 0.1) is 0 Å². The van der Waals surface area contributed by atoms with Gasteiger partial charge in [0.05, 0.1) is 23.9 Å². The summed E-state index contributed by atoms with van der Waals surface area (Å²) in [5.74, 6) is 0.914. The molecule has 0 aliphatic carbocycles. The summed E-state index contributed by atoms with van der Waals surface area (Å²) in [6, 6.07) is 5.88. The highest BCUT2D eigenvalue weighted by Gasteiger charge is 2.25. The van der Waals surface area contributed by atoms with Gasteiger partial charge in [-0.2, -0.15) is 0 Å². The van der Waals surface area contributed by atoms with E-state index in [1.54, 1.807) is 0 Å². The van der Waals surface area contributed by atoms with Gasteiger partial charge < -0.3 is 20.3 Å². The lowest BCUT2D eigenvalue weighted by atomic mass is 10.1. The molecule has 3 atom stereocenters. The number of pyridine rings is 1. The molecule has 4 heterocycles. The van der Waals surface area contributed by atoms with Crippen molar-refractivity contribution in [3.63, 3.8) is 0 Å². The van der Waals surface area contributed by atoms with Crippen LogP contribution in [0.15, 0.2) is 23.6 Å². The molecule has 0 saturated carbocycles. The van der Waals surface area contributed by atoms with E-state index in [-0.39, 0.29) is 36.6 Å². The molecule has 2 aromatic heterocycles. The Morgan fingerprint density at radius 3 is 2.67 bits per heavy atom. The molecule has 4 rings (SSSR count). The normalized spacial score (nSPS) is 24.7. The lowest BCUT2D eigenvalue weighted by molar-refractivity contribution is -0.119. The molecule has 0 radical (unpaired) electrons. The molecule has 2 N–H and O–H groups in total. The van der Waals surface area contributed by atoms with E-state index in [4.69, 9.17) is 9.72 Å². The fourth-order valence-electron chi connectivity index (χ4n) is 3.26. The molecule has 27 heavy (non-hydrogen) atoms. The summed E-state index contributed by atoms with van der Waals surface area (Å²) in [5, 5.41) is 8.51. The van der Waals surface area contributed by atoms with E-state index in [0.717, 1.165) is 43.3 Å². The minimum Gasteiger partial charge on any atom is -0.372 e. The molecular formula is C18H24ClN5O2S. The highest BCUT2D eigenvalue weighted by molar-refractivity contribution is 7.14. The van der Waals surface area contributed by atoms with E-state index < -0.39 is 0 Å². The van der Waals surface area contributed by atoms with E-state index in [1.165, 1.54) is 11.3 Å². The number of nitrogens with one attached hydrogen (secondary N) is 2. The summed E-state index contributed by atoms with van der Waals surface area (Å²) in [5.41, 5.74) is 1.59. The molecule has 146 valence electrons. The van der Waals surface area contributed by atoms with Crippen LogP contribution in [0.2, 0.25) is 0 Å². The zero-order valence-corrected chi connectivity index (χ0v) is 17.0. The number of nitrogens with zero attached hydrogens (tertiary/aromatic N) is 3. The van der Waals surface area contributed by atoms with Gasteiger partial charge in [-0.1, -0.05) is 6.07 Å². The second kappa shape index (κ2) is 8.52. The van der Waals surface area contributed by atoms with E-state index >= 15 is 0 Å². The average Bonchev–Trinajstić information content (AvgIpc) is 3.01. The third-order valence-corrected chi connectivity index (χ3v) is 5.37. The van der Waals surface area contributed by atoms with Gasteiger partial charge in [-0.3, -0.25) is 4.79 Å². The van der Waals surface area contributed by atoms with Crippen LogP contribution in [0.1, 0.15) is 20.3 Å². The molecule has 2 aliphatic rings. The van der Waals surface area contributed by atoms with Gasteiger partial charge in [-0.05, 0) is 38.9 Å². The van der Waals surface area contributed by atoms with Crippen LogP contribution in [0.4, 0.5) is 10.9 Å². The number of ether oxygens (including phenoxy) is 1. The molecule has 1 unspecified atom stereocenters. The number of carbonyl (C=O) groups excluding carboxylic acids is 1. The number of thiazole rings is 1. The van der Waals surface area contributed by atoms with Crippen LogP contribution in [0.25, 0.3) is 11.4 Å². The summed E-state index contributed by atoms with van der Waals surface area (Å²) in [6.07, 6.45) is 1.25. The molecule has 0 aromatic carbocycles. The van der Waals surface area contributed by atoms with Crippen molar-refractivity contribution in [2.24, 2.45) is 0 Å². The van der Waals surface area contributed by atoms with Crippen molar-refractivity contribution in [1.82, 2.24) is 15.3 Å². The van der Waals surface area contributed by atoms with E-state index in [1.807, 2.05) is 23.6 Å². The summed E-state index contributed by atoms with van der Waals surface area (Å²) in [6.45, 7) is 6.72. The summed E-state index contributed by atoms with van der Waals surface area (Å²) in [7, 11) is 0. The fraction of sp³-hybridized carbons (Fsp3) is 0.500. The first-order chi connectivity index (χ1) is 12.6. The first-order valence-electron chi connectivity index (χ1n) is 8.96. The second-order valence-corrected chi connectivity index (χ2v) is 7.72. The number of anilines is 2. The van der Waals surface area contributed by atoms with Gasteiger partial charge in [-0.25, -0.2) is 9.97 Å². The van der Waals surface area contributed by atoms with E-state index in [9.17, 15) is 4.79 Å². The molecule has 9 heteroatoms. The van der Waals surface area contributed by atoms with Gasteiger partial charge >= 0.3 is 0 Å². The number of carbonyl (C=O) groups is 1. The van der Waals surface area contributed by atoms with Crippen LogP contribution in [-0.2, 0) is 9.53 Å². The Bertz CT molecular complexity index is 788. The van der Waals surface area contributed by atoms with Gasteiger partial charge in [0.1, 0.15) is 11.5 Å². The Kier molecular flexibility index (Phi) is 6.31. The van der Waals surface area contributed by atoms with Gasteiger partial charge in [0.25, 0.3) is 0 Å². The second-order valence-electron chi connectivity index (χ2n) is 6.87. The Labute approximate surface area is 168 Å². The highest BCUT2D eigenvalue weighted by atomic mass is 35.5. The molecule has 2 aliphatic heterocycles. The lowest BCUT2D eigenvalue weighted by Gasteiger charge is -2.36. The Hall–Kier alpha value is -1.74.